The van der Waals surface area contributed by atoms with Crippen LogP contribution in [0, 0.1) is 5.82 Å². The summed E-state index contributed by atoms with van der Waals surface area (Å²) in [5.74, 6) is -0.422. The minimum absolute atomic E-state index is 0.0783. The van der Waals surface area contributed by atoms with Crippen molar-refractivity contribution >= 4 is 44.8 Å². The van der Waals surface area contributed by atoms with Crippen molar-refractivity contribution in [3.63, 3.8) is 0 Å². The second kappa shape index (κ2) is 6.12. The van der Waals surface area contributed by atoms with Crippen LogP contribution in [0.25, 0.3) is 0 Å². The van der Waals surface area contributed by atoms with Gasteiger partial charge in [-0.25, -0.2) is 4.39 Å². The topological polar surface area (TPSA) is 12.0 Å². The van der Waals surface area contributed by atoms with E-state index in [1.165, 1.54) is 6.07 Å². The summed E-state index contributed by atoms with van der Waals surface area (Å²) < 4.78 is 14.3. The minimum Gasteiger partial charge on any atom is -0.377 e. The van der Waals surface area contributed by atoms with Crippen LogP contribution in [0.3, 0.4) is 0 Å². The summed E-state index contributed by atoms with van der Waals surface area (Å²) in [4.78, 5) is 0. The number of nitrogens with one attached hydrogen (secondary N) is 1. The van der Waals surface area contributed by atoms with Crippen LogP contribution in [-0.4, -0.2) is 0 Å². The molecule has 0 aliphatic heterocycles. The molecule has 19 heavy (non-hydrogen) atoms. The van der Waals surface area contributed by atoms with Gasteiger partial charge in [0.15, 0.2) is 0 Å². The van der Waals surface area contributed by atoms with Crippen LogP contribution in [0.4, 0.5) is 10.1 Å². The Kier molecular flexibility index (Phi) is 4.71. The zero-order chi connectivity index (χ0) is 14.0. The molecule has 0 spiro atoms. The van der Waals surface area contributed by atoms with Gasteiger partial charge in [-0.1, -0.05) is 45.2 Å². The van der Waals surface area contributed by atoms with Crippen LogP contribution < -0.4 is 5.32 Å². The Morgan fingerprint density at radius 1 is 1.11 bits per heavy atom. The number of anilines is 1. The standard InChI is InChI=1S/C14H11BrCl2FN/c1-8(9-2-4-11(16)13(18)6-9)19-14-5-3-10(15)7-12(14)17/h2-8,19H,1H3. The van der Waals surface area contributed by atoms with Gasteiger partial charge in [0.1, 0.15) is 5.82 Å². The van der Waals surface area contributed by atoms with E-state index in [4.69, 9.17) is 23.2 Å². The first-order chi connectivity index (χ1) is 8.97. The van der Waals surface area contributed by atoms with Crippen LogP contribution in [0.2, 0.25) is 10.0 Å². The van der Waals surface area contributed by atoms with Gasteiger partial charge < -0.3 is 5.32 Å². The van der Waals surface area contributed by atoms with E-state index in [1.807, 2.05) is 19.1 Å². The highest BCUT2D eigenvalue weighted by Crippen LogP contribution is 2.29. The highest BCUT2D eigenvalue weighted by Gasteiger charge is 2.10. The van der Waals surface area contributed by atoms with E-state index in [0.717, 1.165) is 15.7 Å². The second-order valence-corrected chi connectivity index (χ2v) is 5.89. The molecule has 2 aromatic carbocycles. The van der Waals surface area contributed by atoms with Crippen LogP contribution in [0.1, 0.15) is 18.5 Å². The van der Waals surface area contributed by atoms with E-state index in [0.29, 0.717) is 5.02 Å². The summed E-state index contributed by atoms with van der Waals surface area (Å²) >= 11 is 15.1. The molecular formula is C14H11BrCl2FN. The quantitative estimate of drug-likeness (QED) is 0.698. The molecule has 0 heterocycles. The fourth-order valence-electron chi connectivity index (χ4n) is 1.70. The van der Waals surface area contributed by atoms with Crippen molar-refractivity contribution in [3.05, 3.63) is 62.3 Å². The van der Waals surface area contributed by atoms with Crippen LogP contribution in [0.15, 0.2) is 40.9 Å². The molecule has 0 aliphatic rings. The van der Waals surface area contributed by atoms with Crippen molar-refractivity contribution in [3.8, 4) is 0 Å². The first kappa shape index (κ1) is 14.6. The zero-order valence-electron chi connectivity index (χ0n) is 10.1. The highest BCUT2D eigenvalue weighted by molar-refractivity contribution is 9.10. The van der Waals surface area contributed by atoms with Crippen molar-refractivity contribution in [2.24, 2.45) is 0 Å². The maximum Gasteiger partial charge on any atom is 0.142 e. The fraction of sp³-hybridized carbons (Fsp3) is 0.143. The normalized spacial score (nSPS) is 12.3. The van der Waals surface area contributed by atoms with Crippen LogP contribution in [0.5, 0.6) is 0 Å². The molecule has 5 heteroatoms. The van der Waals surface area contributed by atoms with Crippen LogP contribution in [-0.2, 0) is 0 Å². The lowest BCUT2D eigenvalue weighted by molar-refractivity contribution is 0.624. The summed E-state index contributed by atoms with van der Waals surface area (Å²) in [7, 11) is 0. The molecule has 1 unspecified atom stereocenters. The van der Waals surface area contributed by atoms with Gasteiger partial charge in [-0.3, -0.25) is 0 Å². The number of hydrogen-bond donors (Lipinski definition) is 1. The molecule has 0 saturated heterocycles. The third kappa shape index (κ3) is 3.62. The molecule has 1 atom stereocenters. The molecule has 1 N–H and O–H groups in total. The molecule has 100 valence electrons. The first-order valence-electron chi connectivity index (χ1n) is 5.64. The molecule has 0 bridgehead atoms. The van der Waals surface area contributed by atoms with Gasteiger partial charge in [0.2, 0.25) is 0 Å². The maximum atomic E-state index is 13.4. The van der Waals surface area contributed by atoms with Gasteiger partial charge in [0.05, 0.1) is 15.7 Å². The van der Waals surface area contributed by atoms with E-state index in [9.17, 15) is 4.39 Å². The summed E-state index contributed by atoms with van der Waals surface area (Å²) in [5, 5.41) is 3.97. The van der Waals surface area contributed by atoms with Gasteiger partial charge in [-0.15, -0.1) is 0 Å². The molecule has 2 aromatic rings. The third-order valence-corrected chi connectivity index (χ3v) is 3.86. The van der Waals surface area contributed by atoms with Crippen molar-refractivity contribution in [2.75, 3.05) is 5.32 Å². The number of halogens is 4. The molecule has 0 radical (unpaired) electrons. The van der Waals surface area contributed by atoms with E-state index in [-0.39, 0.29) is 11.1 Å². The Morgan fingerprint density at radius 2 is 1.84 bits per heavy atom. The van der Waals surface area contributed by atoms with E-state index < -0.39 is 5.82 Å². The van der Waals surface area contributed by atoms with E-state index in [1.54, 1.807) is 18.2 Å². The number of benzene rings is 2. The van der Waals surface area contributed by atoms with Gasteiger partial charge in [0, 0.05) is 10.5 Å². The Hall–Kier alpha value is -0.770. The molecule has 2 rings (SSSR count). The molecule has 1 nitrogen and oxygen atoms in total. The Balaban J connectivity index is 2.20. The lowest BCUT2D eigenvalue weighted by Gasteiger charge is -2.17. The van der Waals surface area contributed by atoms with E-state index in [2.05, 4.69) is 21.2 Å². The molecule has 0 saturated carbocycles. The predicted octanol–water partition coefficient (Wildman–Crippen LogP) is 6.07. The highest BCUT2D eigenvalue weighted by atomic mass is 79.9. The Bertz CT molecular complexity index is 604. The van der Waals surface area contributed by atoms with Crippen molar-refractivity contribution in [1.29, 1.82) is 0 Å². The summed E-state index contributed by atoms with van der Waals surface area (Å²) in [6.07, 6.45) is 0. The Morgan fingerprint density at radius 3 is 2.47 bits per heavy atom. The molecule has 0 amide bonds. The molecular weight excluding hydrogens is 352 g/mol. The molecule has 0 aromatic heterocycles. The number of hydrogen-bond acceptors (Lipinski definition) is 1. The van der Waals surface area contributed by atoms with Gasteiger partial charge in [0.25, 0.3) is 0 Å². The molecule has 0 aliphatic carbocycles. The zero-order valence-corrected chi connectivity index (χ0v) is 13.2. The third-order valence-electron chi connectivity index (χ3n) is 2.75. The number of rotatable bonds is 3. The minimum atomic E-state index is -0.422. The maximum absolute atomic E-state index is 13.4. The van der Waals surface area contributed by atoms with Gasteiger partial charge >= 0.3 is 0 Å². The lowest BCUT2D eigenvalue weighted by Crippen LogP contribution is -2.07. The Labute approximate surface area is 129 Å². The predicted molar refractivity (Wildman–Crippen MR) is 82.6 cm³/mol. The van der Waals surface area contributed by atoms with Gasteiger partial charge in [-0.2, -0.15) is 0 Å². The van der Waals surface area contributed by atoms with Gasteiger partial charge in [-0.05, 0) is 42.8 Å². The fourth-order valence-corrected chi connectivity index (χ4v) is 2.55. The van der Waals surface area contributed by atoms with Crippen molar-refractivity contribution in [2.45, 2.75) is 13.0 Å². The summed E-state index contributed by atoms with van der Waals surface area (Å²) in [6, 6.07) is 10.2. The molecule has 0 fully saturated rings. The lowest BCUT2D eigenvalue weighted by atomic mass is 10.1. The smallest absolute Gasteiger partial charge is 0.142 e. The van der Waals surface area contributed by atoms with Crippen molar-refractivity contribution in [1.82, 2.24) is 0 Å². The average Bonchev–Trinajstić information content (AvgIpc) is 2.36. The summed E-state index contributed by atoms with van der Waals surface area (Å²) in [5.41, 5.74) is 1.61. The average molecular weight is 363 g/mol. The largest absolute Gasteiger partial charge is 0.377 e. The summed E-state index contributed by atoms with van der Waals surface area (Å²) in [6.45, 7) is 1.93. The van der Waals surface area contributed by atoms with E-state index >= 15 is 0 Å². The first-order valence-corrected chi connectivity index (χ1v) is 7.19. The van der Waals surface area contributed by atoms with Crippen LogP contribution >= 0.6 is 39.1 Å². The van der Waals surface area contributed by atoms with Crippen molar-refractivity contribution < 1.29 is 4.39 Å². The SMILES string of the molecule is CC(Nc1ccc(Br)cc1Cl)c1ccc(Cl)c(F)c1. The second-order valence-electron chi connectivity index (χ2n) is 4.16. The monoisotopic (exact) mass is 361 g/mol.